The molecule has 0 bridgehead atoms. The molecule has 0 aromatic heterocycles. The number of piperidine rings is 1. The van der Waals surface area contributed by atoms with Crippen molar-refractivity contribution in [1.82, 2.24) is 9.21 Å². The third-order valence-corrected chi connectivity index (χ3v) is 7.56. The van der Waals surface area contributed by atoms with E-state index in [1.807, 2.05) is 0 Å². The van der Waals surface area contributed by atoms with Gasteiger partial charge in [-0.1, -0.05) is 6.42 Å². The van der Waals surface area contributed by atoms with Crippen molar-refractivity contribution in [2.75, 3.05) is 45.2 Å². The summed E-state index contributed by atoms with van der Waals surface area (Å²) in [6, 6.07) is 4.21. The van der Waals surface area contributed by atoms with Crippen molar-refractivity contribution in [1.29, 1.82) is 0 Å². The average Bonchev–Trinajstić information content (AvgIpc) is 3.30. The number of methoxy groups -OCH3 is 1. The molecule has 0 aliphatic carbocycles. The van der Waals surface area contributed by atoms with E-state index in [-0.39, 0.29) is 29.1 Å². The number of hydrogen-bond acceptors (Lipinski definition) is 7. The minimum Gasteiger partial charge on any atom is -0.492 e. The van der Waals surface area contributed by atoms with Gasteiger partial charge >= 0.3 is 5.97 Å². The van der Waals surface area contributed by atoms with E-state index in [9.17, 15) is 18.0 Å². The van der Waals surface area contributed by atoms with Crippen LogP contribution in [0.2, 0.25) is 0 Å². The molecule has 2 heterocycles. The maximum Gasteiger partial charge on any atom is 0.323 e. The van der Waals surface area contributed by atoms with E-state index in [2.05, 4.69) is 5.32 Å². The summed E-state index contributed by atoms with van der Waals surface area (Å²) in [5.74, 6) is -0.383. The third-order valence-electron chi connectivity index (χ3n) is 5.64. The third kappa shape index (κ3) is 5.55. The van der Waals surface area contributed by atoms with Gasteiger partial charge in [-0.3, -0.25) is 14.5 Å². The molecular weight excluding hydrogens is 422 g/mol. The van der Waals surface area contributed by atoms with Crippen molar-refractivity contribution in [3.8, 4) is 5.75 Å². The zero-order chi connectivity index (χ0) is 22.4. The number of ether oxygens (including phenoxy) is 2. The molecule has 2 fully saturated rings. The van der Waals surface area contributed by atoms with E-state index in [0.29, 0.717) is 38.3 Å². The molecule has 1 aromatic carbocycles. The minimum atomic E-state index is -3.72. The van der Waals surface area contributed by atoms with Crippen LogP contribution in [-0.4, -0.2) is 75.4 Å². The molecule has 1 unspecified atom stereocenters. The molecule has 1 atom stereocenters. The molecule has 9 nitrogen and oxygen atoms in total. The Hall–Kier alpha value is -2.17. The zero-order valence-corrected chi connectivity index (χ0v) is 18.9. The van der Waals surface area contributed by atoms with Crippen LogP contribution in [0, 0.1) is 0 Å². The molecule has 3 rings (SSSR count). The fraction of sp³-hybridized carbons (Fsp3) is 0.619. The Balaban J connectivity index is 1.76. The van der Waals surface area contributed by atoms with Crippen molar-refractivity contribution >= 4 is 27.6 Å². The molecule has 0 saturated carbocycles. The maximum atomic E-state index is 13.1. The highest BCUT2D eigenvalue weighted by atomic mass is 32.2. The summed E-state index contributed by atoms with van der Waals surface area (Å²) in [7, 11) is -2.37. The molecule has 1 aromatic rings. The predicted octanol–water partition coefficient (Wildman–Crippen LogP) is 1.84. The molecule has 0 radical (unpaired) electrons. The quantitative estimate of drug-likeness (QED) is 0.599. The van der Waals surface area contributed by atoms with Gasteiger partial charge in [0.25, 0.3) is 0 Å². The monoisotopic (exact) mass is 453 g/mol. The summed E-state index contributed by atoms with van der Waals surface area (Å²) in [5, 5.41) is 2.77. The molecule has 2 saturated heterocycles. The van der Waals surface area contributed by atoms with Gasteiger partial charge in [-0.25, -0.2) is 8.42 Å². The van der Waals surface area contributed by atoms with Gasteiger partial charge < -0.3 is 14.8 Å². The number of amides is 1. The van der Waals surface area contributed by atoms with Crippen molar-refractivity contribution in [2.24, 2.45) is 0 Å². The fourth-order valence-electron chi connectivity index (χ4n) is 4.10. The van der Waals surface area contributed by atoms with Gasteiger partial charge in [-0.05, 0) is 57.4 Å². The summed E-state index contributed by atoms with van der Waals surface area (Å²) in [5.41, 5.74) is 0.373. The Bertz CT molecular complexity index is 898. The van der Waals surface area contributed by atoms with E-state index in [1.165, 1.54) is 17.5 Å². The van der Waals surface area contributed by atoms with Gasteiger partial charge in [-0.15, -0.1) is 0 Å². The van der Waals surface area contributed by atoms with E-state index in [4.69, 9.17) is 9.47 Å². The molecule has 172 valence electrons. The number of anilines is 1. The number of benzene rings is 1. The molecule has 31 heavy (non-hydrogen) atoms. The lowest BCUT2D eigenvalue weighted by Crippen LogP contribution is -2.48. The minimum absolute atomic E-state index is 0.0290. The van der Waals surface area contributed by atoms with Crippen molar-refractivity contribution < 1.29 is 27.5 Å². The van der Waals surface area contributed by atoms with Crippen LogP contribution < -0.4 is 10.1 Å². The smallest absolute Gasteiger partial charge is 0.323 e. The Kier molecular flexibility index (Phi) is 7.90. The van der Waals surface area contributed by atoms with Gasteiger partial charge in [0, 0.05) is 18.8 Å². The molecule has 10 heteroatoms. The lowest BCUT2D eigenvalue weighted by Gasteiger charge is -2.33. The Labute approximate surface area is 183 Å². The van der Waals surface area contributed by atoms with Crippen LogP contribution in [0.4, 0.5) is 5.69 Å². The highest BCUT2D eigenvalue weighted by molar-refractivity contribution is 7.89. The summed E-state index contributed by atoms with van der Waals surface area (Å²) < 4.78 is 38.1. The van der Waals surface area contributed by atoms with Gasteiger partial charge in [0.05, 0.1) is 20.3 Å². The number of likely N-dealkylation sites (tertiary alicyclic amines) is 1. The Morgan fingerprint density at radius 2 is 1.84 bits per heavy atom. The molecule has 2 aliphatic rings. The number of hydrogen-bond donors (Lipinski definition) is 1. The number of rotatable bonds is 8. The molecular formula is C21H31N3O6S. The first-order valence-corrected chi connectivity index (χ1v) is 12.2. The van der Waals surface area contributed by atoms with Gasteiger partial charge in [0.15, 0.2) is 0 Å². The van der Waals surface area contributed by atoms with Gasteiger partial charge in [0.1, 0.15) is 16.7 Å². The van der Waals surface area contributed by atoms with Gasteiger partial charge in [-0.2, -0.15) is 4.31 Å². The van der Waals surface area contributed by atoms with E-state index in [1.54, 1.807) is 24.0 Å². The number of carbonyl (C=O) groups excluding carboxylic acids is 2. The van der Waals surface area contributed by atoms with E-state index >= 15 is 0 Å². The molecule has 0 spiro atoms. The van der Waals surface area contributed by atoms with Crippen LogP contribution in [0.3, 0.4) is 0 Å². The SMILES string of the molecule is CCOc1ccc(NC(=O)CN2CCCCC2C(=O)OC)cc1S(=O)(=O)N1CCCC1. The van der Waals surface area contributed by atoms with Crippen LogP contribution in [0.5, 0.6) is 5.75 Å². The van der Waals surface area contributed by atoms with Crippen molar-refractivity contribution in [3.63, 3.8) is 0 Å². The van der Waals surface area contributed by atoms with Gasteiger partial charge in [0.2, 0.25) is 15.9 Å². The van der Waals surface area contributed by atoms with E-state index in [0.717, 1.165) is 25.7 Å². The maximum absolute atomic E-state index is 13.1. The first kappa shape index (κ1) is 23.5. The number of nitrogens with zero attached hydrogens (tertiary/aromatic N) is 2. The average molecular weight is 454 g/mol. The fourth-order valence-corrected chi connectivity index (χ4v) is 5.77. The van der Waals surface area contributed by atoms with Crippen LogP contribution in [0.25, 0.3) is 0 Å². The summed E-state index contributed by atoms with van der Waals surface area (Å²) in [6.45, 7) is 3.74. The molecule has 1 amide bonds. The van der Waals surface area contributed by atoms with Crippen LogP contribution in [0.1, 0.15) is 39.0 Å². The number of esters is 1. The Morgan fingerprint density at radius 3 is 2.52 bits per heavy atom. The summed E-state index contributed by atoms with van der Waals surface area (Å²) in [4.78, 5) is 26.5. The highest BCUT2D eigenvalue weighted by Gasteiger charge is 2.32. The first-order chi connectivity index (χ1) is 14.9. The topological polar surface area (TPSA) is 105 Å². The molecule has 2 aliphatic heterocycles. The number of sulfonamides is 1. The normalized spacial score (nSPS) is 20.4. The summed E-state index contributed by atoms with van der Waals surface area (Å²) >= 11 is 0. The lowest BCUT2D eigenvalue weighted by atomic mass is 10.0. The Morgan fingerprint density at radius 1 is 1.13 bits per heavy atom. The zero-order valence-electron chi connectivity index (χ0n) is 18.1. The number of carbonyl (C=O) groups is 2. The predicted molar refractivity (Wildman–Crippen MR) is 115 cm³/mol. The van der Waals surface area contributed by atoms with Crippen LogP contribution in [-0.2, 0) is 24.3 Å². The second kappa shape index (κ2) is 10.4. The van der Waals surface area contributed by atoms with Crippen molar-refractivity contribution in [3.05, 3.63) is 18.2 Å². The number of nitrogens with one attached hydrogen (secondary N) is 1. The van der Waals surface area contributed by atoms with Crippen LogP contribution in [0.15, 0.2) is 23.1 Å². The molecule has 1 N–H and O–H groups in total. The first-order valence-electron chi connectivity index (χ1n) is 10.8. The second-order valence-corrected chi connectivity index (χ2v) is 9.67. The lowest BCUT2D eigenvalue weighted by molar-refractivity contribution is -0.148. The second-order valence-electron chi connectivity index (χ2n) is 7.76. The van der Waals surface area contributed by atoms with Crippen molar-refractivity contribution in [2.45, 2.75) is 50.0 Å². The summed E-state index contributed by atoms with van der Waals surface area (Å²) in [6.07, 6.45) is 4.13. The standard InChI is InChI=1S/C21H31N3O6S/c1-3-30-18-10-9-16(14-19(18)31(27,28)24-12-6-7-13-24)22-20(25)15-23-11-5-4-8-17(23)21(26)29-2/h9-10,14,17H,3-8,11-13,15H2,1-2H3,(H,22,25). The largest absolute Gasteiger partial charge is 0.492 e. The van der Waals surface area contributed by atoms with E-state index < -0.39 is 16.1 Å². The highest BCUT2D eigenvalue weighted by Crippen LogP contribution is 2.31. The van der Waals surface area contributed by atoms with Crippen LogP contribution >= 0.6 is 0 Å².